The lowest BCUT2D eigenvalue weighted by molar-refractivity contribution is 0.0504. The summed E-state index contributed by atoms with van der Waals surface area (Å²) in [5, 5.41) is 7.71. The number of nitrogen functional groups attached to an aromatic ring is 1. The third-order valence-electron chi connectivity index (χ3n) is 6.48. The van der Waals surface area contributed by atoms with Gasteiger partial charge in [-0.3, -0.25) is 0 Å². The number of carbonyl (C=O) groups excluding carboxylic acids is 1. The first-order chi connectivity index (χ1) is 19.3. The number of rotatable bonds is 5. The summed E-state index contributed by atoms with van der Waals surface area (Å²) in [5.41, 5.74) is 5.85. The minimum Gasteiger partial charge on any atom is -0.451 e. The fourth-order valence-corrected chi connectivity index (χ4v) is 4.73. The molecule has 2 aromatic heterocycles. The third kappa shape index (κ3) is 5.58. The smallest absolute Gasteiger partial charge is 0.407 e. The van der Waals surface area contributed by atoms with Gasteiger partial charge >= 0.3 is 6.09 Å². The lowest BCUT2D eigenvalue weighted by Crippen LogP contribution is -2.38. The van der Waals surface area contributed by atoms with Gasteiger partial charge in [-0.1, -0.05) is 0 Å². The zero-order valence-corrected chi connectivity index (χ0v) is 22.1. The maximum Gasteiger partial charge on any atom is 0.407 e. The zero-order valence-electron chi connectivity index (χ0n) is 22.1. The predicted octanol–water partition coefficient (Wildman–Crippen LogP) is 6.18. The van der Waals surface area contributed by atoms with Gasteiger partial charge in [-0.05, 0) is 52.2 Å². The second-order valence-electron chi connectivity index (χ2n) is 10.6. The maximum absolute atomic E-state index is 15.4. The minimum atomic E-state index is -1.76. The van der Waals surface area contributed by atoms with Crippen LogP contribution in [0, 0.1) is 29.1 Å². The highest BCUT2D eigenvalue weighted by Gasteiger charge is 2.32. The van der Waals surface area contributed by atoms with Crippen LogP contribution in [0.15, 0.2) is 30.6 Å². The van der Waals surface area contributed by atoms with Crippen molar-refractivity contribution in [2.75, 3.05) is 5.73 Å². The molecule has 5 rings (SSSR count). The van der Waals surface area contributed by atoms with Gasteiger partial charge in [0.2, 0.25) is 17.4 Å². The Labute approximate surface area is 230 Å². The van der Waals surface area contributed by atoms with Crippen molar-refractivity contribution in [3.8, 4) is 22.8 Å². The summed E-state index contributed by atoms with van der Waals surface area (Å²) in [6, 6.07) is 2.78. The second kappa shape index (κ2) is 10.5. The van der Waals surface area contributed by atoms with E-state index in [1.54, 1.807) is 25.5 Å². The molecule has 0 spiro atoms. The molecule has 0 radical (unpaired) electrons. The average Bonchev–Trinajstić information content (AvgIpc) is 3.49. The van der Waals surface area contributed by atoms with Gasteiger partial charge in [0.1, 0.15) is 35.0 Å². The summed E-state index contributed by atoms with van der Waals surface area (Å²) in [7, 11) is 0. The van der Waals surface area contributed by atoms with Gasteiger partial charge in [0, 0.05) is 23.7 Å². The van der Waals surface area contributed by atoms with Crippen molar-refractivity contribution in [2.24, 2.45) is 0 Å². The maximum atomic E-state index is 15.4. The Hall–Kier alpha value is -4.49. The fourth-order valence-electron chi connectivity index (χ4n) is 4.73. The molecule has 216 valence electrons. The largest absolute Gasteiger partial charge is 0.451 e. The van der Waals surface area contributed by atoms with E-state index in [1.165, 1.54) is 12.4 Å². The summed E-state index contributed by atoms with van der Waals surface area (Å²) >= 11 is 0. The molecule has 1 fully saturated rings. The Balaban J connectivity index is 1.45. The number of hydrogen-bond donors (Lipinski definition) is 2. The summed E-state index contributed by atoms with van der Waals surface area (Å²) in [6.45, 7) is 5.30. The van der Waals surface area contributed by atoms with Crippen molar-refractivity contribution < 1.29 is 36.2 Å². The Kier molecular flexibility index (Phi) is 7.17. The number of aromatic nitrogens is 4. The molecular formula is C27H25F5N6O3. The average molecular weight is 577 g/mol. The standard InChI is InChI=1S/C27H25F5N6O3/c1-27(2,3)41-26(39)36-12-4-5-13(8-12)38-25-19(24(33)34-11-35-25)22(37-38)15-7-6-14(9-16(15)28)40-23-20(31)17(29)10-18(30)21(23)32/h6-7,9-13H,4-5,8H2,1-3H3,(H,36,39)(H2,33,34,35)/t12?,13-/m0/s1. The second-order valence-corrected chi connectivity index (χ2v) is 10.6. The van der Waals surface area contributed by atoms with Crippen LogP contribution in [0.3, 0.4) is 0 Å². The molecule has 4 aromatic rings. The number of anilines is 1. The number of amides is 1. The highest BCUT2D eigenvalue weighted by Crippen LogP contribution is 2.39. The Morgan fingerprint density at radius 3 is 2.39 bits per heavy atom. The number of hydrogen-bond acceptors (Lipinski definition) is 7. The van der Waals surface area contributed by atoms with Gasteiger partial charge in [-0.25, -0.2) is 32.6 Å². The van der Waals surface area contributed by atoms with Crippen LogP contribution in [-0.4, -0.2) is 37.5 Å². The fraction of sp³-hybridized carbons (Fsp3) is 0.333. The first-order valence-corrected chi connectivity index (χ1v) is 12.6. The van der Waals surface area contributed by atoms with E-state index in [0.29, 0.717) is 24.9 Å². The Morgan fingerprint density at radius 1 is 1.02 bits per heavy atom. The van der Waals surface area contributed by atoms with E-state index in [1.807, 2.05) is 0 Å². The van der Waals surface area contributed by atoms with E-state index in [0.717, 1.165) is 12.1 Å². The van der Waals surface area contributed by atoms with Gasteiger partial charge in [-0.2, -0.15) is 13.9 Å². The molecule has 14 heteroatoms. The molecule has 0 bridgehead atoms. The minimum absolute atomic E-state index is 0.0370. The molecule has 2 atom stereocenters. The van der Waals surface area contributed by atoms with Gasteiger partial charge in [0.25, 0.3) is 0 Å². The number of alkyl carbamates (subject to hydrolysis) is 1. The van der Waals surface area contributed by atoms with Crippen LogP contribution in [0.4, 0.5) is 32.6 Å². The molecule has 1 aliphatic carbocycles. The van der Waals surface area contributed by atoms with Crippen molar-refractivity contribution in [1.82, 2.24) is 25.1 Å². The third-order valence-corrected chi connectivity index (χ3v) is 6.48. The van der Waals surface area contributed by atoms with Crippen LogP contribution in [0.2, 0.25) is 0 Å². The monoisotopic (exact) mass is 576 g/mol. The number of nitrogens with zero attached hydrogens (tertiary/aromatic N) is 4. The van der Waals surface area contributed by atoms with E-state index in [9.17, 15) is 22.4 Å². The van der Waals surface area contributed by atoms with Gasteiger partial charge in [-0.15, -0.1) is 0 Å². The van der Waals surface area contributed by atoms with Crippen LogP contribution in [0.25, 0.3) is 22.3 Å². The highest BCUT2D eigenvalue weighted by molar-refractivity contribution is 5.98. The molecule has 1 saturated carbocycles. The van der Waals surface area contributed by atoms with Gasteiger partial charge < -0.3 is 20.5 Å². The van der Waals surface area contributed by atoms with Gasteiger partial charge in [0.05, 0.1) is 11.4 Å². The number of carbonyl (C=O) groups is 1. The zero-order chi connectivity index (χ0) is 29.6. The van der Waals surface area contributed by atoms with E-state index < -0.39 is 52.3 Å². The van der Waals surface area contributed by atoms with Crippen LogP contribution >= 0.6 is 0 Å². The summed E-state index contributed by atoms with van der Waals surface area (Å²) in [6.07, 6.45) is 2.47. The molecule has 1 amide bonds. The number of fused-ring (bicyclic) bond motifs is 1. The van der Waals surface area contributed by atoms with Crippen molar-refractivity contribution in [3.63, 3.8) is 0 Å². The quantitative estimate of drug-likeness (QED) is 0.215. The van der Waals surface area contributed by atoms with Crippen LogP contribution in [0.1, 0.15) is 46.1 Å². The lowest BCUT2D eigenvalue weighted by Gasteiger charge is -2.21. The lowest BCUT2D eigenvalue weighted by atomic mass is 10.1. The molecule has 41 heavy (non-hydrogen) atoms. The SMILES string of the molecule is CC(C)(C)OC(=O)NC1CC[C@H](n2nc(-c3ccc(Oc4c(F)c(F)cc(F)c4F)cc3F)c3c(N)ncnc32)C1. The van der Waals surface area contributed by atoms with Crippen LogP contribution in [-0.2, 0) is 4.74 Å². The number of benzene rings is 2. The van der Waals surface area contributed by atoms with Gasteiger partial charge in [0.15, 0.2) is 17.3 Å². The summed E-state index contributed by atoms with van der Waals surface area (Å²) in [4.78, 5) is 20.5. The number of nitrogens with one attached hydrogen (secondary N) is 1. The molecule has 1 aliphatic rings. The first-order valence-electron chi connectivity index (χ1n) is 12.6. The number of halogens is 5. The molecule has 2 heterocycles. The van der Waals surface area contributed by atoms with Crippen molar-refractivity contribution >= 4 is 22.9 Å². The number of ether oxygens (including phenoxy) is 2. The normalized spacial score (nSPS) is 17.2. The molecule has 3 N–H and O–H groups in total. The molecule has 9 nitrogen and oxygen atoms in total. The molecule has 2 aromatic carbocycles. The Bertz CT molecular complexity index is 1630. The number of nitrogens with two attached hydrogens (primary N) is 1. The van der Waals surface area contributed by atoms with E-state index in [-0.39, 0.29) is 40.6 Å². The summed E-state index contributed by atoms with van der Waals surface area (Å²) in [5.74, 6) is -9.52. The molecular weight excluding hydrogens is 551 g/mol. The highest BCUT2D eigenvalue weighted by atomic mass is 19.2. The molecule has 1 unspecified atom stereocenters. The molecule has 0 aliphatic heterocycles. The van der Waals surface area contributed by atoms with Crippen molar-refractivity contribution in [3.05, 3.63) is 59.7 Å². The topological polar surface area (TPSA) is 117 Å². The van der Waals surface area contributed by atoms with E-state index in [4.69, 9.17) is 15.2 Å². The van der Waals surface area contributed by atoms with Crippen molar-refractivity contribution in [1.29, 1.82) is 0 Å². The summed E-state index contributed by atoms with van der Waals surface area (Å²) < 4.78 is 82.5. The van der Waals surface area contributed by atoms with Crippen LogP contribution < -0.4 is 15.8 Å². The van der Waals surface area contributed by atoms with E-state index >= 15 is 4.39 Å². The predicted molar refractivity (Wildman–Crippen MR) is 138 cm³/mol. The first kappa shape index (κ1) is 28.1. The molecule has 0 saturated heterocycles. The van der Waals surface area contributed by atoms with Crippen molar-refractivity contribution in [2.45, 2.75) is 57.7 Å². The van der Waals surface area contributed by atoms with E-state index in [2.05, 4.69) is 20.4 Å². The van der Waals surface area contributed by atoms with Crippen LogP contribution in [0.5, 0.6) is 11.5 Å². The Morgan fingerprint density at radius 2 is 1.73 bits per heavy atom.